The zero-order valence-corrected chi connectivity index (χ0v) is 23.3. The molecule has 0 saturated carbocycles. The maximum Gasteiger partial charge on any atom is 0.305 e. The number of aryl methyl sites for hydroxylation is 1. The number of hydrogen-bond donors (Lipinski definition) is 0. The Labute approximate surface area is 231 Å². The third kappa shape index (κ3) is 4.83. The Morgan fingerprint density at radius 3 is 2.42 bits per heavy atom. The van der Waals surface area contributed by atoms with Gasteiger partial charge in [0.05, 0.1) is 5.39 Å². The van der Waals surface area contributed by atoms with Crippen molar-refractivity contribution in [3.8, 4) is 22.8 Å². The number of fused-ring (bicyclic) bond motifs is 3. The summed E-state index contributed by atoms with van der Waals surface area (Å²) in [5.74, 6) is 0.367. The van der Waals surface area contributed by atoms with Crippen LogP contribution in [0.3, 0.4) is 0 Å². The normalized spacial score (nSPS) is 17.6. The van der Waals surface area contributed by atoms with Gasteiger partial charge in [-0.05, 0) is 43.4 Å². The highest BCUT2D eigenvalue weighted by molar-refractivity contribution is 9.09. The largest absolute Gasteiger partial charge is 0.452 e. The van der Waals surface area contributed by atoms with Crippen LogP contribution in [0.25, 0.3) is 22.3 Å². The number of ether oxygens (including phenoxy) is 2. The summed E-state index contributed by atoms with van der Waals surface area (Å²) in [5, 5.41) is 1.44. The van der Waals surface area contributed by atoms with E-state index in [-0.39, 0.29) is 5.43 Å². The summed E-state index contributed by atoms with van der Waals surface area (Å²) in [6, 6.07) is 23.2. The molecule has 0 radical (unpaired) electrons. The van der Waals surface area contributed by atoms with Crippen LogP contribution in [0.1, 0.15) is 44.2 Å². The van der Waals surface area contributed by atoms with Gasteiger partial charge < -0.3 is 13.9 Å². The number of rotatable bonds is 6. The molecule has 38 heavy (non-hydrogen) atoms. The van der Waals surface area contributed by atoms with E-state index in [1.165, 1.54) is 5.56 Å². The van der Waals surface area contributed by atoms with E-state index in [9.17, 15) is 4.79 Å². The van der Waals surface area contributed by atoms with Crippen LogP contribution in [0, 0.1) is 0 Å². The van der Waals surface area contributed by atoms with Crippen LogP contribution < -0.4 is 14.9 Å². The van der Waals surface area contributed by atoms with Crippen LogP contribution in [-0.2, 0) is 12.2 Å². The molecule has 0 fully saturated rings. The minimum atomic E-state index is -1.14. The minimum Gasteiger partial charge on any atom is -0.452 e. The first-order valence-electron chi connectivity index (χ1n) is 13.2. The van der Waals surface area contributed by atoms with Crippen LogP contribution in [0.15, 0.2) is 106 Å². The van der Waals surface area contributed by atoms with E-state index in [2.05, 4.69) is 46.3 Å². The molecule has 0 spiro atoms. The molecule has 2 heterocycles. The van der Waals surface area contributed by atoms with Crippen molar-refractivity contribution in [3.05, 3.63) is 118 Å². The molecule has 0 saturated heterocycles. The standard InChI is InChI=1S/C31H25BrO4.C2H6/c32-19-7-8-21-13-15-22(16-14-21)28-20-26(33)25-17-18-27-30(29(25)34-28)36-31(35-27,23-9-3-1-4-10-23)24-11-5-2-6-12-24;1-2/h1,3-5,9-18,20H,2,6-8,19H2;1-2H3. The zero-order chi connectivity index (χ0) is 26.5. The molecule has 0 bridgehead atoms. The fourth-order valence-corrected chi connectivity index (χ4v) is 5.12. The smallest absolute Gasteiger partial charge is 0.305 e. The Hall–Kier alpha value is -3.57. The molecule has 3 aromatic carbocycles. The highest BCUT2D eigenvalue weighted by Gasteiger charge is 2.47. The maximum absolute atomic E-state index is 13.1. The average molecular weight is 572 g/mol. The second kappa shape index (κ2) is 11.4. The quantitative estimate of drug-likeness (QED) is 0.217. The third-order valence-corrected chi connectivity index (χ3v) is 7.24. The molecule has 6 rings (SSSR count). The molecule has 0 amide bonds. The molecule has 1 aromatic heterocycles. The Morgan fingerprint density at radius 1 is 0.921 bits per heavy atom. The molecule has 4 nitrogen and oxygen atoms in total. The van der Waals surface area contributed by atoms with Crippen molar-refractivity contribution in [2.75, 3.05) is 5.33 Å². The lowest BCUT2D eigenvalue weighted by Crippen LogP contribution is -2.37. The first kappa shape index (κ1) is 26.1. The Kier molecular flexibility index (Phi) is 7.85. The molecular formula is C33H31BrO4. The number of benzene rings is 3. The van der Waals surface area contributed by atoms with Gasteiger partial charge in [0.25, 0.3) is 0 Å². The van der Waals surface area contributed by atoms with Crippen LogP contribution >= 0.6 is 15.9 Å². The Balaban J connectivity index is 0.00000144. The van der Waals surface area contributed by atoms with E-state index in [0.717, 1.165) is 47.7 Å². The molecule has 4 aromatic rings. The fraction of sp³-hybridized carbons (Fsp3) is 0.242. The summed E-state index contributed by atoms with van der Waals surface area (Å²) >= 11 is 3.48. The van der Waals surface area contributed by atoms with Crippen LogP contribution in [-0.4, -0.2) is 5.33 Å². The van der Waals surface area contributed by atoms with Gasteiger partial charge in [-0.25, -0.2) is 0 Å². The maximum atomic E-state index is 13.1. The van der Waals surface area contributed by atoms with Gasteiger partial charge in [0.2, 0.25) is 5.75 Å². The predicted octanol–water partition coefficient (Wildman–Crippen LogP) is 8.71. The molecule has 5 heteroatoms. The summed E-state index contributed by atoms with van der Waals surface area (Å²) < 4.78 is 19.6. The topological polar surface area (TPSA) is 48.7 Å². The molecule has 1 aliphatic carbocycles. The van der Waals surface area contributed by atoms with E-state index in [4.69, 9.17) is 13.9 Å². The van der Waals surface area contributed by atoms with E-state index < -0.39 is 5.79 Å². The second-order valence-corrected chi connectivity index (χ2v) is 9.85. The van der Waals surface area contributed by atoms with Gasteiger partial charge in [0.15, 0.2) is 16.8 Å². The predicted molar refractivity (Wildman–Crippen MR) is 157 cm³/mol. The average Bonchev–Trinajstić information content (AvgIpc) is 3.40. The third-order valence-electron chi connectivity index (χ3n) is 6.68. The molecule has 0 N–H and O–H groups in total. The van der Waals surface area contributed by atoms with Crippen LogP contribution in [0.5, 0.6) is 11.5 Å². The minimum absolute atomic E-state index is 0.116. The molecular weight excluding hydrogens is 540 g/mol. The van der Waals surface area contributed by atoms with Gasteiger partial charge in [-0.15, -0.1) is 0 Å². The molecule has 1 atom stereocenters. The van der Waals surface area contributed by atoms with Crippen molar-refractivity contribution < 1.29 is 13.9 Å². The van der Waals surface area contributed by atoms with Gasteiger partial charge in [-0.2, -0.15) is 0 Å². The molecule has 1 unspecified atom stereocenters. The molecule has 2 aliphatic rings. The van der Waals surface area contributed by atoms with Gasteiger partial charge >= 0.3 is 5.79 Å². The summed E-state index contributed by atoms with van der Waals surface area (Å²) in [6.45, 7) is 4.00. The SMILES string of the molecule is CC.O=c1cc(-c2ccc(CCCBr)cc2)oc2c3c(ccc12)OC(C1=CCCC=C1)(c1ccccc1)O3. The number of hydrogen-bond acceptors (Lipinski definition) is 4. The summed E-state index contributed by atoms with van der Waals surface area (Å²) in [6.07, 6.45) is 10.3. The van der Waals surface area contributed by atoms with E-state index in [0.29, 0.717) is 28.2 Å². The van der Waals surface area contributed by atoms with Gasteiger partial charge in [-0.1, -0.05) is 103 Å². The van der Waals surface area contributed by atoms with Crippen molar-refractivity contribution in [1.29, 1.82) is 0 Å². The van der Waals surface area contributed by atoms with E-state index in [1.807, 2.05) is 56.3 Å². The van der Waals surface area contributed by atoms with Crippen molar-refractivity contribution in [1.82, 2.24) is 0 Å². The fourth-order valence-electron chi connectivity index (χ4n) is 4.84. The van der Waals surface area contributed by atoms with E-state index in [1.54, 1.807) is 18.2 Å². The van der Waals surface area contributed by atoms with E-state index >= 15 is 0 Å². The Morgan fingerprint density at radius 2 is 1.71 bits per heavy atom. The summed E-state index contributed by atoms with van der Waals surface area (Å²) in [7, 11) is 0. The Bertz CT molecular complexity index is 1530. The van der Waals surface area contributed by atoms with Gasteiger partial charge in [0, 0.05) is 28.1 Å². The van der Waals surface area contributed by atoms with Gasteiger partial charge in [0.1, 0.15) is 5.76 Å². The monoisotopic (exact) mass is 570 g/mol. The van der Waals surface area contributed by atoms with Crippen molar-refractivity contribution in [3.63, 3.8) is 0 Å². The lowest BCUT2D eigenvalue weighted by Gasteiger charge is -2.30. The van der Waals surface area contributed by atoms with Crippen LogP contribution in [0.2, 0.25) is 0 Å². The lowest BCUT2D eigenvalue weighted by atomic mass is 9.93. The highest BCUT2D eigenvalue weighted by Crippen LogP contribution is 2.51. The number of halogens is 1. The van der Waals surface area contributed by atoms with Gasteiger partial charge in [-0.3, -0.25) is 4.79 Å². The second-order valence-electron chi connectivity index (χ2n) is 9.06. The van der Waals surface area contributed by atoms with Crippen molar-refractivity contribution in [2.24, 2.45) is 0 Å². The number of alkyl halides is 1. The summed E-state index contributed by atoms with van der Waals surface area (Å²) in [5.41, 5.74) is 4.19. The van der Waals surface area contributed by atoms with Crippen molar-refractivity contribution >= 4 is 26.9 Å². The van der Waals surface area contributed by atoms with Crippen LogP contribution in [0.4, 0.5) is 0 Å². The summed E-state index contributed by atoms with van der Waals surface area (Å²) in [4.78, 5) is 13.1. The zero-order valence-electron chi connectivity index (χ0n) is 21.7. The van der Waals surface area contributed by atoms with Crippen molar-refractivity contribution in [2.45, 2.75) is 45.3 Å². The highest BCUT2D eigenvalue weighted by atomic mass is 79.9. The number of allylic oxidation sites excluding steroid dienone is 2. The lowest BCUT2D eigenvalue weighted by molar-refractivity contribution is -0.0468. The first-order chi connectivity index (χ1) is 18.7. The first-order valence-corrected chi connectivity index (χ1v) is 14.4. The molecule has 194 valence electrons. The molecule has 1 aliphatic heterocycles.